The van der Waals surface area contributed by atoms with Gasteiger partial charge in [-0.05, 0) is 44.1 Å². The molecule has 0 amide bonds. The summed E-state index contributed by atoms with van der Waals surface area (Å²) in [5.41, 5.74) is 1.42. The number of aliphatic hydroxyl groups is 1. The van der Waals surface area contributed by atoms with Gasteiger partial charge in [0.15, 0.2) is 5.96 Å². The highest BCUT2D eigenvalue weighted by Gasteiger charge is 2.40. The molecule has 2 fully saturated rings. The highest BCUT2D eigenvalue weighted by molar-refractivity contribution is 14.0. The van der Waals surface area contributed by atoms with Gasteiger partial charge in [-0.3, -0.25) is 9.89 Å². The number of halogens is 1. The highest BCUT2D eigenvalue weighted by atomic mass is 127. The molecule has 0 spiro atoms. The minimum absolute atomic E-state index is 0. The Bertz CT molecular complexity index is 569. The molecule has 2 heterocycles. The van der Waals surface area contributed by atoms with E-state index >= 15 is 0 Å². The summed E-state index contributed by atoms with van der Waals surface area (Å²) in [4.78, 5) is 7.37. The van der Waals surface area contributed by atoms with E-state index in [1.165, 1.54) is 31.2 Å². The van der Waals surface area contributed by atoms with Crippen LogP contribution in [0.15, 0.2) is 35.3 Å². The Kier molecular flexibility index (Phi) is 9.32. The molecule has 6 heteroatoms. The molecule has 3 N–H and O–H groups in total. The molecule has 0 aromatic heterocycles. The smallest absolute Gasteiger partial charge is 0.191 e. The number of hydrogen-bond acceptors (Lipinski definition) is 3. The van der Waals surface area contributed by atoms with Gasteiger partial charge in [-0.25, -0.2) is 0 Å². The quantitative estimate of drug-likeness (QED) is 0.315. The molecule has 2 saturated heterocycles. The monoisotopic (exact) mass is 486 g/mol. The lowest BCUT2D eigenvalue weighted by Gasteiger charge is -2.39. The van der Waals surface area contributed by atoms with E-state index < -0.39 is 0 Å². The number of guanidine groups is 1. The lowest BCUT2D eigenvalue weighted by molar-refractivity contribution is 0.114. The minimum atomic E-state index is 0. The molecule has 2 aliphatic heterocycles. The molecule has 2 bridgehead atoms. The van der Waals surface area contributed by atoms with Gasteiger partial charge in [0, 0.05) is 44.4 Å². The van der Waals surface area contributed by atoms with E-state index in [-0.39, 0.29) is 36.5 Å². The Morgan fingerprint density at radius 1 is 1.22 bits per heavy atom. The van der Waals surface area contributed by atoms with Gasteiger partial charge in [-0.1, -0.05) is 37.3 Å². The van der Waals surface area contributed by atoms with Crippen LogP contribution in [-0.2, 0) is 6.54 Å². The van der Waals surface area contributed by atoms with Crippen molar-refractivity contribution in [1.82, 2.24) is 15.5 Å². The van der Waals surface area contributed by atoms with E-state index in [1.807, 2.05) is 6.92 Å². The van der Waals surface area contributed by atoms with Crippen molar-refractivity contribution in [2.24, 2.45) is 10.9 Å². The molecule has 3 unspecified atom stereocenters. The van der Waals surface area contributed by atoms with Crippen molar-refractivity contribution in [1.29, 1.82) is 0 Å². The first-order chi connectivity index (χ1) is 12.7. The highest BCUT2D eigenvalue weighted by Crippen LogP contribution is 2.36. The summed E-state index contributed by atoms with van der Waals surface area (Å²) in [6.45, 7) is 6.90. The van der Waals surface area contributed by atoms with Crippen molar-refractivity contribution in [3.05, 3.63) is 35.9 Å². The molecule has 0 saturated carbocycles. The maximum Gasteiger partial charge on any atom is 0.191 e. The summed E-state index contributed by atoms with van der Waals surface area (Å²) in [6.07, 6.45) is 4.99. The van der Waals surface area contributed by atoms with Crippen LogP contribution < -0.4 is 10.6 Å². The van der Waals surface area contributed by atoms with Crippen molar-refractivity contribution in [2.75, 3.05) is 19.7 Å². The number of hydrogen-bond donors (Lipinski definition) is 3. The lowest BCUT2D eigenvalue weighted by Crippen LogP contribution is -2.52. The number of piperidine rings is 1. The van der Waals surface area contributed by atoms with E-state index in [4.69, 9.17) is 0 Å². The largest absolute Gasteiger partial charge is 0.396 e. The summed E-state index contributed by atoms with van der Waals surface area (Å²) in [6, 6.07) is 12.7. The van der Waals surface area contributed by atoms with Crippen LogP contribution in [-0.4, -0.2) is 53.8 Å². The first-order valence-corrected chi connectivity index (χ1v) is 10.1. The molecule has 0 radical (unpaired) electrons. The number of nitrogens with one attached hydrogen (secondary N) is 2. The normalized spacial score (nSPS) is 26.3. The van der Waals surface area contributed by atoms with Crippen molar-refractivity contribution in [2.45, 2.75) is 64.2 Å². The van der Waals surface area contributed by atoms with Gasteiger partial charge in [0.2, 0.25) is 0 Å². The maximum absolute atomic E-state index is 9.21. The third-order valence-electron chi connectivity index (χ3n) is 5.65. The number of rotatable bonds is 7. The van der Waals surface area contributed by atoms with Crippen LogP contribution in [0, 0.1) is 5.92 Å². The molecule has 3 atom stereocenters. The van der Waals surface area contributed by atoms with E-state index in [9.17, 15) is 5.11 Å². The number of benzene rings is 1. The van der Waals surface area contributed by atoms with E-state index in [2.05, 4.69) is 57.8 Å². The van der Waals surface area contributed by atoms with Gasteiger partial charge in [-0.2, -0.15) is 0 Å². The van der Waals surface area contributed by atoms with E-state index in [0.717, 1.165) is 19.0 Å². The Labute approximate surface area is 181 Å². The molecule has 1 aromatic rings. The van der Waals surface area contributed by atoms with Crippen LogP contribution in [0.2, 0.25) is 0 Å². The van der Waals surface area contributed by atoms with Gasteiger partial charge >= 0.3 is 0 Å². The summed E-state index contributed by atoms with van der Waals surface area (Å²) >= 11 is 0. The number of nitrogens with zero attached hydrogens (tertiary/aromatic N) is 2. The minimum Gasteiger partial charge on any atom is -0.396 e. The Morgan fingerprint density at radius 2 is 1.89 bits per heavy atom. The lowest BCUT2D eigenvalue weighted by atomic mass is 9.96. The molecule has 3 rings (SSSR count). The number of aliphatic hydroxyl groups excluding tert-OH is 1. The second kappa shape index (κ2) is 11.2. The number of aliphatic imine (C=N–C) groups is 1. The van der Waals surface area contributed by atoms with Gasteiger partial charge in [0.05, 0.1) is 0 Å². The fourth-order valence-electron chi connectivity index (χ4n) is 4.26. The molecule has 27 heavy (non-hydrogen) atoms. The van der Waals surface area contributed by atoms with Crippen molar-refractivity contribution in [3.63, 3.8) is 0 Å². The second-order valence-electron chi connectivity index (χ2n) is 7.86. The summed E-state index contributed by atoms with van der Waals surface area (Å²) < 4.78 is 0. The Morgan fingerprint density at radius 3 is 2.48 bits per heavy atom. The zero-order valence-corrected chi connectivity index (χ0v) is 18.9. The average molecular weight is 486 g/mol. The first-order valence-electron chi connectivity index (χ1n) is 10.1. The van der Waals surface area contributed by atoms with E-state index in [0.29, 0.717) is 24.7 Å². The van der Waals surface area contributed by atoms with Gasteiger partial charge in [0.25, 0.3) is 0 Å². The molecular weight excluding hydrogens is 451 g/mol. The van der Waals surface area contributed by atoms with Gasteiger partial charge < -0.3 is 15.7 Å². The molecule has 1 aromatic carbocycles. The number of fused-ring (bicyclic) bond motifs is 2. The fraction of sp³-hybridized carbons (Fsp3) is 0.667. The van der Waals surface area contributed by atoms with Crippen LogP contribution in [0.4, 0.5) is 0 Å². The molecule has 152 valence electrons. The zero-order chi connectivity index (χ0) is 18.4. The zero-order valence-electron chi connectivity index (χ0n) is 16.6. The van der Waals surface area contributed by atoms with E-state index in [1.54, 1.807) is 0 Å². The summed E-state index contributed by atoms with van der Waals surface area (Å²) in [7, 11) is 0. The molecular formula is C21H35IN4O. The van der Waals surface area contributed by atoms with Crippen LogP contribution in [0.1, 0.15) is 45.1 Å². The Hall–Kier alpha value is -0.860. The van der Waals surface area contributed by atoms with Crippen LogP contribution >= 0.6 is 24.0 Å². The third-order valence-corrected chi connectivity index (χ3v) is 5.65. The first kappa shape index (κ1) is 22.4. The SMILES string of the molecule is CCNC(=NCC(C)CO)NC1CC2CCC(C1)N2Cc1ccccc1.I. The Balaban J connectivity index is 0.00000261. The predicted molar refractivity (Wildman–Crippen MR) is 123 cm³/mol. The van der Waals surface area contributed by atoms with Crippen molar-refractivity contribution < 1.29 is 5.11 Å². The van der Waals surface area contributed by atoms with Crippen molar-refractivity contribution >= 4 is 29.9 Å². The summed E-state index contributed by atoms with van der Waals surface area (Å²) in [5.74, 6) is 1.10. The average Bonchev–Trinajstić information content (AvgIpc) is 2.89. The van der Waals surface area contributed by atoms with Gasteiger partial charge in [0.1, 0.15) is 0 Å². The van der Waals surface area contributed by atoms with Crippen LogP contribution in [0.25, 0.3) is 0 Å². The molecule has 2 aliphatic rings. The molecule has 5 nitrogen and oxygen atoms in total. The second-order valence-corrected chi connectivity index (χ2v) is 7.86. The summed E-state index contributed by atoms with van der Waals surface area (Å²) in [5, 5.41) is 16.2. The van der Waals surface area contributed by atoms with Crippen LogP contribution in [0.5, 0.6) is 0 Å². The van der Waals surface area contributed by atoms with Gasteiger partial charge in [-0.15, -0.1) is 24.0 Å². The third kappa shape index (κ3) is 6.32. The maximum atomic E-state index is 9.21. The topological polar surface area (TPSA) is 59.9 Å². The predicted octanol–water partition coefficient (Wildman–Crippen LogP) is 2.98. The van der Waals surface area contributed by atoms with Crippen LogP contribution in [0.3, 0.4) is 0 Å². The fourth-order valence-corrected chi connectivity index (χ4v) is 4.26. The molecule has 0 aliphatic carbocycles. The standard InChI is InChI=1S/C21H34N4O.HI/c1-3-22-21(23-13-16(2)15-26)24-18-11-19-9-10-20(12-18)25(19)14-17-7-5-4-6-8-17;/h4-8,16,18-20,26H,3,9-15H2,1-2H3,(H2,22,23,24);1H. The van der Waals surface area contributed by atoms with Crippen molar-refractivity contribution in [3.8, 4) is 0 Å².